The van der Waals surface area contributed by atoms with Crippen LogP contribution >= 0.6 is 0 Å². The van der Waals surface area contributed by atoms with Crippen molar-refractivity contribution in [2.24, 2.45) is 0 Å². The first-order valence-corrected chi connectivity index (χ1v) is 9.62. The monoisotopic (exact) mass is 327 g/mol. The first-order valence-electron chi connectivity index (χ1n) is 9.62. The van der Waals surface area contributed by atoms with Crippen LogP contribution in [0.3, 0.4) is 0 Å². The van der Waals surface area contributed by atoms with Crippen LogP contribution in [-0.4, -0.2) is 47.3 Å². The quantitative estimate of drug-likeness (QED) is 0.748. The molecule has 0 N–H and O–H groups in total. The number of rotatable bonds is 6. The summed E-state index contributed by atoms with van der Waals surface area (Å²) in [5.74, 6) is 0. The van der Waals surface area contributed by atoms with E-state index in [4.69, 9.17) is 4.74 Å². The van der Waals surface area contributed by atoms with Crippen molar-refractivity contribution in [2.75, 3.05) is 32.8 Å². The zero-order valence-corrected chi connectivity index (χ0v) is 16.6. The maximum Gasteiger partial charge on any atom is 0.0945 e. The minimum atomic E-state index is 0.934. The molecule has 1 aromatic heterocycles. The molecule has 0 atom stereocenters. The molecule has 0 unspecified atom stereocenters. The van der Waals surface area contributed by atoms with Crippen molar-refractivity contribution in [3.05, 3.63) is 18.7 Å². The molecular weight excluding hydrogens is 286 g/mol. The number of ether oxygens (including phenoxy) is 1. The Hall–Kier alpha value is -0.870. The third-order valence-electron chi connectivity index (χ3n) is 3.26. The summed E-state index contributed by atoms with van der Waals surface area (Å²) in [7, 11) is 0. The molecule has 0 aliphatic carbocycles. The molecular formula is C19H41N3O. The number of unbranched alkanes of at least 4 members (excludes halogenated alkanes) is 2. The molecule has 0 bridgehead atoms. The van der Waals surface area contributed by atoms with E-state index in [1.165, 1.54) is 32.2 Å². The Kier molecular flexibility index (Phi) is 22.4. The fraction of sp³-hybridized carbons (Fsp3) is 0.842. The van der Waals surface area contributed by atoms with E-state index in [2.05, 4.69) is 28.3 Å². The van der Waals surface area contributed by atoms with Crippen molar-refractivity contribution in [1.82, 2.24) is 14.5 Å². The van der Waals surface area contributed by atoms with Gasteiger partial charge in [0.05, 0.1) is 19.5 Å². The molecule has 0 saturated carbocycles. The Balaban J connectivity index is 0. The van der Waals surface area contributed by atoms with Gasteiger partial charge >= 0.3 is 0 Å². The molecule has 1 aliphatic rings. The van der Waals surface area contributed by atoms with Gasteiger partial charge in [-0.15, -0.1) is 0 Å². The lowest BCUT2D eigenvalue weighted by atomic mass is 10.3. The molecule has 0 spiro atoms. The average molecular weight is 328 g/mol. The van der Waals surface area contributed by atoms with Crippen LogP contribution in [-0.2, 0) is 11.3 Å². The summed E-state index contributed by atoms with van der Waals surface area (Å²) in [4.78, 5) is 6.42. The van der Waals surface area contributed by atoms with Crippen molar-refractivity contribution in [3.63, 3.8) is 0 Å². The number of aromatic nitrogens is 2. The lowest BCUT2D eigenvalue weighted by molar-refractivity contribution is 0.0373. The highest BCUT2D eigenvalue weighted by atomic mass is 16.5. The third-order valence-corrected chi connectivity index (χ3v) is 3.26. The van der Waals surface area contributed by atoms with E-state index >= 15 is 0 Å². The van der Waals surface area contributed by atoms with Gasteiger partial charge in [-0.05, 0) is 19.4 Å². The van der Waals surface area contributed by atoms with Crippen molar-refractivity contribution in [1.29, 1.82) is 0 Å². The van der Waals surface area contributed by atoms with Gasteiger partial charge < -0.3 is 9.30 Å². The second-order valence-electron chi connectivity index (χ2n) is 4.96. The van der Waals surface area contributed by atoms with Crippen molar-refractivity contribution >= 4 is 0 Å². The smallest absolute Gasteiger partial charge is 0.0945 e. The van der Waals surface area contributed by atoms with Gasteiger partial charge in [-0.3, -0.25) is 4.90 Å². The van der Waals surface area contributed by atoms with Crippen LogP contribution in [0.15, 0.2) is 18.7 Å². The van der Waals surface area contributed by atoms with E-state index < -0.39 is 0 Å². The fourth-order valence-corrected chi connectivity index (χ4v) is 1.97. The lowest BCUT2D eigenvalue weighted by Gasteiger charge is -2.26. The second kappa shape index (κ2) is 21.1. The van der Waals surface area contributed by atoms with E-state index in [0.717, 1.165) is 32.8 Å². The molecule has 0 aromatic carbocycles. The molecule has 1 aliphatic heterocycles. The number of morpholine rings is 1. The van der Waals surface area contributed by atoms with Crippen LogP contribution in [0.25, 0.3) is 0 Å². The number of hydrogen-bond acceptors (Lipinski definition) is 3. The normalized spacial score (nSPS) is 13.7. The molecule has 1 fully saturated rings. The van der Waals surface area contributed by atoms with Gasteiger partial charge in [-0.25, -0.2) is 4.98 Å². The number of nitrogens with zero attached hydrogens (tertiary/aromatic N) is 3. The minimum Gasteiger partial charge on any atom is -0.379 e. The van der Waals surface area contributed by atoms with Crippen molar-refractivity contribution < 1.29 is 4.74 Å². The zero-order chi connectivity index (χ0) is 17.8. The summed E-state index contributed by atoms with van der Waals surface area (Å²) in [5, 5.41) is 0. The molecule has 23 heavy (non-hydrogen) atoms. The van der Waals surface area contributed by atoms with E-state index in [-0.39, 0.29) is 0 Å². The Morgan fingerprint density at radius 2 is 1.48 bits per heavy atom. The molecule has 138 valence electrons. The summed E-state index contributed by atoms with van der Waals surface area (Å²) in [6.45, 7) is 18.9. The summed E-state index contributed by atoms with van der Waals surface area (Å²) in [5.41, 5.74) is 0. The highest BCUT2D eigenvalue weighted by Gasteiger charge is 2.07. The minimum absolute atomic E-state index is 0.934. The van der Waals surface area contributed by atoms with Gasteiger partial charge in [-0.1, -0.05) is 54.4 Å². The predicted molar refractivity (Wildman–Crippen MR) is 102 cm³/mol. The van der Waals surface area contributed by atoms with E-state index in [9.17, 15) is 0 Å². The summed E-state index contributed by atoms with van der Waals surface area (Å²) in [6.07, 6.45) is 10.8. The summed E-state index contributed by atoms with van der Waals surface area (Å²) >= 11 is 0. The largest absolute Gasteiger partial charge is 0.379 e. The maximum absolute atomic E-state index is 5.24. The Bertz CT molecular complexity index is 283. The van der Waals surface area contributed by atoms with E-state index in [1.807, 2.05) is 46.4 Å². The van der Waals surface area contributed by atoms with Gasteiger partial charge in [0.2, 0.25) is 0 Å². The fourth-order valence-electron chi connectivity index (χ4n) is 1.97. The molecule has 2 heterocycles. The van der Waals surface area contributed by atoms with E-state index in [0.29, 0.717) is 0 Å². The van der Waals surface area contributed by atoms with Gasteiger partial charge in [0, 0.05) is 32.0 Å². The summed E-state index contributed by atoms with van der Waals surface area (Å²) in [6, 6.07) is 0. The van der Waals surface area contributed by atoms with Crippen LogP contribution < -0.4 is 0 Å². The molecule has 4 heteroatoms. The zero-order valence-electron chi connectivity index (χ0n) is 16.6. The van der Waals surface area contributed by atoms with Crippen LogP contribution in [0, 0.1) is 0 Å². The third kappa shape index (κ3) is 15.8. The van der Waals surface area contributed by atoms with Crippen molar-refractivity contribution in [3.8, 4) is 0 Å². The highest BCUT2D eigenvalue weighted by Crippen LogP contribution is 1.98. The Morgan fingerprint density at radius 3 is 1.96 bits per heavy atom. The second-order valence-corrected chi connectivity index (χ2v) is 4.96. The summed E-state index contributed by atoms with van der Waals surface area (Å²) < 4.78 is 7.34. The molecule has 4 nitrogen and oxygen atoms in total. The number of imidazole rings is 1. The van der Waals surface area contributed by atoms with Crippen LogP contribution in [0.4, 0.5) is 0 Å². The van der Waals surface area contributed by atoms with Gasteiger partial charge in [0.25, 0.3) is 0 Å². The predicted octanol–water partition coefficient (Wildman–Crippen LogP) is 4.85. The maximum atomic E-state index is 5.24. The van der Waals surface area contributed by atoms with E-state index in [1.54, 1.807) is 0 Å². The first kappa shape index (κ1) is 24.4. The van der Waals surface area contributed by atoms with Crippen LogP contribution in [0.5, 0.6) is 0 Å². The first-order chi connectivity index (χ1) is 11.4. The molecule has 1 aromatic rings. The molecule has 0 amide bonds. The van der Waals surface area contributed by atoms with Crippen LogP contribution in [0.1, 0.15) is 67.2 Å². The average Bonchev–Trinajstić information content (AvgIpc) is 3.16. The number of hydrogen-bond donors (Lipinski definition) is 0. The Labute approximate surface area is 145 Å². The van der Waals surface area contributed by atoms with Crippen molar-refractivity contribution in [2.45, 2.75) is 73.8 Å². The number of aryl methyl sites for hydroxylation is 1. The molecule has 0 radical (unpaired) electrons. The van der Waals surface area contributed by atoms with Gasteiger partial charge in [0.15, 0.2) is 0 Å². The standard InChI is InChI=1S/C8H17NO.C7H12N2.2C2H6/c1-2-3-4-9-5-7-10-8-6-9;1-2-3-5-9-6-4-8-7-9;2*1-2/h2-8H2,1H3;4,6-7H,2-3,5H2,1H3;2*1-2H3. The van der Waals surface area contributed by atoms with Gasteiger partial charge in [-0.2, -0.15) is 0 Å². The topological polar surface area (TPSA) is 30.3 Å². The SMILES string of the molecule is CC.CC.CCCCN1CCOCC1.CCCCn1ccnc1. The highest BCUT2D eigenvalue weighted by molar-refractivity contribution is 4.73. The van der Waals surface area contributed by atoms with Gasteiger partial charge in [0.1, 0.15) is 0 Å². The lowest BCUT2D eigenvalue weighted by Crippen LogP contribution is -2.36. The Morgan fingerprint density at radius 1 is 0.913 bits per heavy atom. The molecule has 2 rings (SSSR count). The molecule has 1 saturated heterocycles. The van der Waals surface area contributed by atoms with Crippen LogP contribution in [0.2, 0.25) is 0 Å².